The van der Waals surface area contributed by atoms with Crippen LogP contribution in [0.2, 0.25) is 5.02 Å². The lowest BCUT2D eigenvalue weighted by atomic mass is 10.2. The molecule has 9 heteroatoms. The molecule has 0 radical (unpaired) electrons. The van der Waals surface area contributed by atoms with Crippen molar-refractivity contribution in [3.63, 3.8) is 0 Å². The topological polar surface area (TPSA) is 120 Å². The van der Waals surface area contributed by atoms with Crippen LogP contribution in [-0.2, 0) is 11.3 Å². The monoisotopic (exact) mass is 389 g/mol. The van der Waals surface area contributed by atoms with Crippen LogP contribution in [0, 0.1) is 0 Å². The van der Waals surface area contributed by atoms with Crippen LogP contribution >= 0.6 is 23.4 Å². The van der Waals surface area contributed by atoms with Crippen LogP contribution in [0.15, 0.2) is 52.0 Å². The molecule has 3 aromatic rings. The first-order chi connectivity index (χ1) is 12.5. The van der Waals surface area contributed by atoms with Gasteiger partial charge in [-0.3, -0.25) is 4.79 Å². The second kappa shape index (κ2) is 8.11. The highest BCUT2D eigenvalue weighted by Crippen LogP contribution is 2.23. The van der Waals surface area contributed by atoms with Crippen molar-refractivity contribution in [3.05, 3.63) is 53.2 Å². The number of hydrogen-bond donors (Lipinski definition) is 3. The summed E-state index contributed by atoms with van der Waals surface area (Å²) < 4.78 is 5.73. The van der Waals surface area contributed by atoms with Crippen molar-refractivity contribution < 1.29 is 9.21 Å². The number of furan rings is 1. The van der Waals surface area contributed by atoms with Crippen molar-refractivity contribution in [3.8, 4) is 11.3 Å². The fourth-order valence-electron chi connectivity index (χ4n) is 2.14. The Labute approximate surface area is 159 Å². The van der Waals surface area contributed by atoms with Crippen LogP contribution in [-0.4, -0.2) is 21.6 Å². The summed E-state index contributed by atoms with van der Waals surface area (Å²) in [5.74, 6) is 1.87. The van der Waals surface area contributed by atoms with E-state index in [2.05, 4.69) is 15.3 Å². The van der Waals surface area contributed by atoms with Gasteiger partial charge in [0.05, 0.1) is 12.3 Å². The number of carbonyl (C=O) groups excluding carboxylic acids is 1. The maximum Gasteiger partial charge on any atom is 0.230 e. The summed E-state index contributed by atoms with van der Waals surface area (Å²) in [6.45, 7) is 0.285. The highest BCUT2D eigenvalue weighted by molar-refractivity contribution is 7.99. The summed E-state index contributed by atoms with van der Waals surface area (Å²) in [5.41, 5.74) is 12.1. The van der Waals surface area contributed by atoms with Gasteiger partial charge in [-0.25, -0.2) is 9.97 Å². The molecule has 134 valence electrons. The SMILES string of the molecule is Nc1cc(N)nc(SCC(=O)NCc2ccc(-c3ccc(Cl)cc3)o2)n1. The highest BCUT2D eigenvalue weighted by Gasteiger charge is 2.09. The molecule has 1 amide bonds. The average Bonchev–Trinajstić information content (AvgIpc) is 3.07. The van der Waals surface area contributed by atoms with Gasteiger partial charge < -0.3 is 21.2 Å². The van der Waals surface area contributed by atoms with E-state index in [4.69, 9.17) is 27.5 Å². The van der Waals surface area contributed by atoms with Crippen molar-refractivity contribution in [1.82, 2.24) is 15.3 Å². The zero-order valence-corrected chi connectivity index (χ0v) is 15.2. The van der Waals surface area contributed by atoms with Crippen LogP contribution in [0.5, 0.6) is 0 Å². The lowest BCUT2D eigenvalue weighted by Crippen LogP contribution is -2.24. The van der Waals surface area contributed by atoms with Gasteiger partial charge in [-0.15, -0.1) is 0 Å². The van der Waals surface area contributed by atoms with Crippen LogP contribution in [0.3, 0.4) is 0 Å². The number of nitrogens with zero attached hydrogens (tertiary/aromatic N) is 2. The quantitative estimate of drug-likeness (QED) is 0.437. The number of benzene rings is 1. The highest BCUT2D eigenvalue weighted by atomic mass is 35.5. The fourth-order valence-corrected chi connectivity index (χ4v) is 2.96. The Morgan fingerprint density at radius 1 is 1.12 bits per heavy atom. The Morgan fingerprint density at radius 2 is 1.81 bits per heavy atom. The summed E-state index contributed by atoms with van der Waals surface area (Å²) in [7, 11) is 0. The number of anilines is 2. The standard InChI is InChI=1S/C17H16ClN5O2S/c18-11-3-1-10(2-4-11)13-6-5-12(25-13)8-21-16(24)9-26-17-22-14(19)7-15(20)23-17/h1-7H,8-9H2,(H,21,24)(H4,19,20,22,23). The lowest BCUT2D eigenvalue weighted by molar-refractivity contribution is -0.118. The van der Waals surface area contributed by atoms with Gasteiger partial charge in [-0.1, -0.05) is 23.4 Å². The molecule has 5 N–H and O–H groups in total. The molecular weight excluding hydrogens is 374 g/mol. The first kappa shape index (κ1) is 18.1. The Balaban J connectivity index is 1.51. The Morgan fingerprint density at radius 3 is 2.50 bits per heavy atom. The second-order valence-corrected chi connectivity index (χ2v) is 6.72. The molecule has 7 nitrogen and oxygen atoms in total. The third kappa shape index (κ3) is 4.90. The largest absolute Gasteiger partial charge is 0.459 e. The predicted octanol–water partition coefficient (Wildman–Crippen LogP) is 2.96. The van der Waals surface area contributed by atoms with Crippen LogP contribution in [0.25, 0.3) is 11.3 Å². The molecule has 0 aliphatic rings. The lowest BCUT2D eigenvalue weighted by Gasteiger charge is -2.04. The van der Waals surface area contributed by atoms with Crippen molar-refractivity contribution in [2.24, 2.45) is 0 Å². The van der Waals surface area contributed by atoms with E-state index >= 15 is 0 Å². The van der Waals surface area contributed by atoms with Crippen LogP contribution < -0.4 is 16.8 Å². The molecule has 0 unspecified atom stereocenters. The molecule has 3 rings (SSSR count). The molecule has 2 aromatic heterocycles. The van der Waals surface area contributed by atoms with E-state index in [1.54, 1.807) is 12.1 Å². The Kier molecular flexibility index (Phi) is 5.65. The number of nitrogens with two attached hydrogens (primary N) is 2. The first-order valence-corrected chi connectivity index (χ1v) is 9.00. The molecule has 1 aromatic carbocycles. The van der Waals surface area contributed by atoms with Gasteiger partial charge in [0.1, 0.15) is 23.2 Å². The van der Waals surface area contributed by atoms with E-state index in [1.807, 2.05) is 24.3 Å². The molecule has 0 saturated carbocycles. The third-order valence-corrected chi connectivity index (χ3v) is 4.43. The molecule has 0 aliphatic heterocycles. The van der Waals surface area contributed by atoms with Gasteiger partial charge in [0, 0.05) is 16.7 Å². The molecule has 0 fully saturated rings. The normalized spacial score (nSPS) is 10.7. The number of nitrogens with one attached hydrogen (secondary N) is 1. The smallest absolute Gasteiger partial charge is 0.230 e. The number of thioether (sulfide) groups is 1. The first-order valence-electron chi connectivity index (χ1n) is 7.64. The number of halogens is 1. The Hall–Kier alpha value is -2.71. The zero-order valence-electron chi connectivity index (χ0n) is 13.6. The van der Waals surface area contributed by atoms with Crippen molar-refractivity contribution in [2.45, 2.75) is 11.7 Å². The van der Waals surface area contributed by atoms with Crippen LogP contribution in [0.4, 0.5) is 11.6 Å². The van der Waals surface area contributed by atoms with Crippen LogP contribution in [0.1, 0.15) is 5.76 Å². The van der Waals surface area contributed by atoms with E-state index in [1.165, 1.54) is 6.07 Å². The number of nitrogen functional groups attached to an aromatic ring is 2. The number of hydrogen-bond acceptors (Lipinski definition) is 7. The molecule has 0 aliphatic carbocycles. The van der Waals surface area contributed by atoms with Crippen molar-refractivity contribution >= 4 is 40.9 Å². The number of carbonyl (C=O) groups is 1. The predicted molar refractivity (Wildman–Crippen MR) is 103 cm³/mol. The van der Waals surface area contributed by atoms with Gasteiger partial charge in [0.15, 0.2) is 5.16 Å². The minimum Gasteiger partial charge on any atom is -0.459 e. The summed E-state index contributed by atoms with van der Waals surface area (Å²) in [6.07, 6.45) is 0. The average molecular weight is 390 g/mol. The molecular formula is C17H16ClN5O2S. The van der Waals surface area contributed by atoms with E-state index < -0.39 is 0 Å². The zero-order chi connectivity index (χ0) is 18.5. The van der Waals surface area contributed by atoms with Gasteiger partial charge in [-0.05, 0) is 36.4 Å². The summed E-state index contributed by atoms with van der Waals surface area (Å²) in [6, 6.07) is 12.5. The summed E-state index contributed by atoms with van der Waals surface area (Å²) in [4.78, 5) is 20.0. The van der Waals surface area contributed by atoms with E-state index in [0.717, 1.165) is 17.3 Å². The molecule has 0 atom stereocenters. The third-order valence-electron chi connectivity index (χ3n) is 3.33. The summed E-state index contributed by atoms with van der Waals surface area (Å²) in [5, 5.41) is 3.80. The van der Waals surface area contributed by atoms with E-state index in [9.17, 15) is 4.79 Å². The molecule has 0 spiro atoms. The van der Waals surface area contributed by atoms with Gasteiger partial charge in [0.2, 0.25) is 5.91 Å². The number of rotatable bonds is 6. The second-order valence-electron chi connectivity index (χ2n) is 5.34. The number of amides is 1. The Bertz CT molecular complexity index is 894. The maximum absolute atomic E-state index is 12.0. The molecule has 0 saturated heterocycles. The number of aromatic nitrogens is 2. The molecule has 0 bridgehead atoms. The maximum atomic E-state index is 12.0. The van der Waals surface area contributed by atoms with E-state index in [0.29, 0.717) is 21.7 Å². The molecule has 26 heavy (non-hydrogen) atoms. The van der Waals surface area contributed by atoms with Crippen molar-refractivity contribution in [2.75, 3.05) is 17.2 Å². The van der Waals surface area contributed by atoms with Gasteiger partial charge in [-0.2, -0.15) is 0 Å². The minimum atomic E-state index is -0.177. The van der Waals surface area contributed by atoms with Crippen molar-refractivity contribution in [1.29, 1.82) is 0 Å². The summed E-state index contributed by atoms with van der Waals surface area (Å²) >= 11 is 7.04. The minimum absolute atomic E-state index is 0.146. The molecule has 2 heterocycles. The van der Waals surface area contributed by atoms with E-state index in [-0.39, 0.29) is 29.8 Å². The van der Waals surface area contributed by atoms with Gasteiger partial charge in [0.25, 0.3) is 0 Å². The van der Waals surface area contributed by atoms with Gasteiger partial charge >= 0.3 is 0 Å². The fraction of sp³-hybridized carbons (Fsp3) is 0.118.